The molecule has 2 aromatic heterocycles. The van der Waals surface area contributed by atoms with Crippen LogP contribution in [-0.2, 0) is 0 Å². The molecule has 2 heterocycles. The average molecular weight is 290 g/mol. The maximum atomic E-state index is 12.8. The summed E-state index contributed by atoms with van der Waals surface area (Å²) in [5, 5.41) is 8.39. The van der Waals surface area contributed by atoms with Crippen LogP contribution in [0.2, 0.25) is 0 Å². The SMILES string of the molecule is O=c1[nH]c2nnc(-c3ccccc3)c(=O)n2c2ccccc12. The number of aromatic nitrogens is 4. The molecule has 4 rings (SSSR count). The van der Waals surface area contributed by atoms with E-state index in [0.29, 0.717) is 16.5 Å². The van der Waals surface area contributed by atoms with Crippen molar-refractivity contribution in [1.29, 1.82) is 0 Å². The highest BCUT2D eigenvalue weighted by atomic mass is 16.1. The molecule has 0 saturated heterocycles. The molecule has 0 aliphatic carbocycles. The molecule has 0 aliphatic rings. The van der Waals surface area contributed by atoms with E-state index in [-0.39, 0.29) is 22.6 Å². The maximum Gasteiger partial charge on any atom is 0.286 e. The molecule has 0 aliphatic heterocycles. The second-order valence-corrected chi connectivity index (χ2v) is 4.85. The first-order valence-corrected chi connectivity index (χ1v) is 6.71. The van der Waals surface area contributed by atoms with Gasteiger partial charge in [0.15, 0.2) is 5.69 Å². The molecule has 106 valence electrons. The van der Waals surface area contributed by atoms with Crippen molar-refractivity contribution >= 4 is 16.7 Å². The molecule has 0 atom stereocenters. The number of hydrogen-bond donors (Lipinski definition) is 1. The van der Waals surface area contributed by atoms with Crippen molar-refractivity contribution in [1.82, 2.24) is 19.6 Å². The number of benzene rings is 2. The highest BCUT2D eigenvalue weighted by Gasteiger charge is 2.12. The second-order valence-electron chi connectivity index (χ2n) is 4.85. The van der Waals surface area contributed by atoms with E-state index in [4.69, 9.17) is 0 Å². The zero-order valence-electron chi connectivity index (χ0n) is 11.4. The highest BCUT2D eigenvalue weighted by Crippen LogP contribution is 2.13. The third-order valence-corrected chi connectivity index (χ3v) is 3.52. The molecule has 22 heavy (non-hydrogen) atoms. The molecule has 2 aromatic carbocycles. The van der Waals surface area contributed by atoms with Gasteiger partial charge in [-0.2, -0.15) is 0 Å². The van der Waals surface area contributed by atoms with Crippen molar-refractivity contribution in [2.45, 2.75) is 0 Å². The molecular formula is C16H10N4O2. The molecule has 0 amide bonds. The molecule has 6 heteroatoms. The summed E-state index contributed by atoms with van der Waals surface area (Å²) >= 11 is 0. The standard InChI is InChI=1S/C16H10N4O2/c21-14-11-8-4-5-9-12(11)20-15(22)13(18-19-16(20)17-14)10-6-2-1-3-7-10/h1-9H,(H,17,19,21). The Hall–Kier alpha value is -3.28. The van der Waals surface area contributed by atoms with Gasteiger partial charge in [0.25, 0.3) is 11.1 Å². The van der Waals surface area contributed by atoms with Crippen LogP contribution in [0.5, 0.6) is 0 Å². The lowest BCUT2D eigenvalue weighted by Crippen LogP contribution is -2.24. The van der Waals surface area contributed by atoms with Gasteiger partial charge >= 0.3 is 0 Å². The second kappa shape index (κ2) is 4.63. The molecule has 4 aromatic rings. The van der Waals surface area contributed by atoms with Crippen LogP contribution in [0.4, 0.5) is 0 Å². The highest BCUT2D eigenvalue weighted by molar-refractivity contribution is 5.80. The minimum absolute atomic E-state index is 0.133. The van der Waals surface area contributed by atoms with Crippen LogP contribution in [0.25, 0.3) is 27.9 Å². The van der Waals surface area contributed by atoms with E-state index >= 15 is 0 Å². The maximum absolute atomic E-state index is 12.8. The number of nitrogens with one attached hydrogen (secondary N) is 1. The molecule has 0 fully saturated rings. The van der Waals surface area contributed by atoms with E-state index < -0.39 is 0 Å². The molecule has 6 nitrogen and oxygen atoms in total. The Bertz CT molecular complexity index is 1110. The fourth-order valence-electron chi connectivity index (χ4n) is 2.50. The Morgan fingerprint density at radius 3 is 2.41 bits per heavy atom. The third kappa shape index (κ3) is 1.74. The van der Waals surface area contributed by atoms with Gasteiger partial charge in [0.05, 0.1) is 10.9 Å². The van der Waals surface area contributed by atoms with E-state index in [1.807, 2.05) is 18.2 Å². The van der Waals surface area contributed by atoms with Crippen molar-refractivity contribution in [2.75, 3.05) is 0 Å². The van der Waals surface area contributed by atoms with Crippen molar-refractivity contribution in [2.24, 2.45) is 0 Å². The lowest BCUT2D eigenvalue weighted by atomic mass is 10.1. The molecule has 0 radical (unpaired) electrons. The van der Waals surface area contributed by atoms with Gasteiger partial charge in [-0.3, -0.25) is 14.6 Å². The van der Waals surface area contributed by atoms with Gasteiger partial charge in [-0.1, -0.05) is 42.5 Å². The van der Waals surface area contributed by atoms with Crippen molar-refractivity contribution < 1.29 is 0 Å². The Morgan fingerprint density at radius 2 is 1.59 bits per heavy atom. The molecule has 0 spiro atoms. The lowest BCUT2D eigenvalue weighted by molar-refractivity contribution is 0.926. The first kappa shape index (κ1) is 12.5. The summed E-state index contributed by atoms with van der Waals surface area (Å²) in [6, 6.07) is 16.0. The van der Waals surface area contributed by atoms with Crippen LogP contribution in [0.3, 0.4) is 0 Å². The van der Waals surface area contributed by atoms with Crippen molar-refractivity contribution in [3.8, 4) is 11.3 Å². The molecule has 1 N–H and O–H groups in total. The first-order chi connectivity index (χ1) is 10.8. The number of hydrogen-bond acceptors (Lipinski definition) is 4. The summed E-state index contributed by atoms with van der Waals surface area (Å²) in [4.78, 5) is 27.4. The Morgan fingerprint density at radius 1 is 0.864 bits per heavy atom. The Labute approximate surface area is 123 Å². The summed E-state index contributed by atoms with van der Waals surface area (Å²) in [7, 11) is 0. The average Bonchev–Trinajstić information content (AvgIpc) is 2.56. The number of H-pyrrole nitrogens is 1. The number of para-hydroxylation sites is 1. The van der Waals surface area contributed by atoms with E-state index in [1.54, 1.807) is 36.4 Å². The zero-order chi connectivity index (χ0) is 15.1. The van der Waals surface area contributed by atoms with Gasteiger partial charge in [0.2, 0.25) is 5.78 Å². The van der Waals surface area contributed by atoms with E-state index in [9.17, 15) is 9.59 Å². The smallest absolute Gasteiger partial charge is 0.286 e. The molecule has 0 unspecified atom stereocenters. The number of nitrogens with zero attached hydrogens (tertiary/aromatic N) is 3. The van der Waals surface area contributed by atoms with E-state index in [0.717, 1.165) is 0 Å². The van der Waals surface area contributed by atoms with Gasteiger partial charge in [-0.25, -0.2) is 4.40 Å². The van der Waals surface area contributed by atoms with Crippen LogP contribution in [0.1, 0.15) is 0 Å². The van der Waals surface area contributed by atoms with E-state index in [2.05, 4.69) is 15.2 Å². The van der Waals surface area contributed by atoms with Crippen molar-refractivity contribution in [3.05, 3.63) is 75.3 Å². The van der Waals surface area contributed by atoms with Crippen LogP contribution >= 0.6 is 0 Å². The summed E-state index contributed by atoms with van der Waals surface area (Å²) in [5.74, 6) is 0.133. The Balaban J connectivity index is 2.20. The van der Waals surface area contributed by atoms with Gasteiger partial charge in [-0.15, -0.1) is 10.2 Å². The third-order valence-electron chi connectivity index (χ3n) is 3.52. The summed E-state index contributed by atoms with van der Waals surface area (Å²) in [5.41, 5.74) is 0.832. The van der Waals surface area contributed by atoms with Crippen molar-refractivity contribution in [3.63, 3.8) is 0 Å². The van der Waals surface area contributed by atoms with Gasteiger partial charge < -0.3 is 0 Å². The number of aromatic amines is 1. The molecule has 0 saturated carbocycles. The first-order valence-electron chi connectivity index (χ1n) is 6.71. The van der Waals surface area contributed by atoms with Crippen LogP contribution in [-0.4, -0.2) is 19.6 Å². The monoisotopic (exact) mass is 290 g/mol. The zero-order valence-corrected chi connectivity index (χ0v) is 11.4. The topological polar surface area (TPSA) is 80.1 Å². The minimum atomic E-state index is -0.316. The fraction of sp³-hybridized carbons (Fsp3) is 0. The predicted molar refractivity (Wildman–Crippen MR) is 82.8 cm³/mol. The summed E-state index contributed by atoms with van der Waals surface area (Å²) in [6.45, 7) is 0. The predicted octanol–water partition coefficient (Wildman–Crippen LogP) is 1.60. The van der Waals surface area contributed by atoms with Crippen LogP contribution in [0, 0.1) is 0 Å². The Kier molecular flexibility index (Phi) is 2.62. The largest absolute Gasteiger partial charge is 0.290 e. The number of rotatable bonds is 1. The lowest BCUT2D eigenvalue weighted by Gasteiger charge is -2.06. The fourth-order valence-corrected chi connectivity index (χ4v) is 2.50. The van der Waals surface area contributed by atoms with Gasteiger partial charge in [0.1, 0.15) is 0 Å². The normalized spacial score (nSPS) is 11.1. The summed E-state index contributed by atoms with van der Waals surface area (Å²) in [6.07, 6.45) is 0. The summed E-state index contributed by atoms with van der Waals surface area (Å²) < 4.78 is 1.38. The van der Waals surface area contributed by atoms with Crippen LogP contribution < -0.4 is 11.1 Å². The van der Waals surface area contributed by atoms with Crippen LogP contribution in [0.15, 0.2) is 64.2 Å². The molecular weight excluding hydrogens is 280 g/mol. The number of fused-ring (bicyclic) bond motifs is 3. The van der Waals surface area contributed by atoms with Gasteiger partial charge in [-0.05, 0) is 12.1 Å². The quantitative estimate of drug-likeness (QED) is 0.540. The minimum Gasteiger partial charge on any atom is -0.290 e. The van der Waals surface area contributed by atoms with Gasteiger partial charge in [0, 0.05) is 5.56 Å². The van der Waals surface area contributed by atoms with E-state index in [1.165, 1.54) is 4.40 Å². The molecule has 0 bridgehead atoms.